The van der Waals surface area contributed by atoms with Crippen LogP contribution in [0.2, 0.25) is 0 Å². The lowest BCUT2D eigenvalue weighted by Crippen LogP contribution is -2.37. The van der Waals surface area contributed by atoms with Crippen molar-refractivity contribution in [3.05, 3.63) is 164 Å². The lowest BCUT2D eigenvalue weighted by molar-refractivity contribution is 0.585. The first kappa shape index (κ1) is 26.9. The molecule has 2 heterocycles. The van der Waals surface area contributed by atoms with E-state index in [0.29, 0.717) is 17.0 Å². The van der Waals surface area contributed by atoms with Crippen LogP contribution in [0.15, 0.2) is 164 Å². The molecule has 5 nitrogen and oxygen atoms in total. The minimum atomic E-state index is -3.85. The molecule has 6 aromatic carbocycles. The molecule has 1 aliphatic rings. The number of rotatable bonds is 5. The number of para-hydroxylation sites is 2. The first-order valence-corrected chi connectivity index (χ1v) is 16.5. The van der Waals surface area contributed by atoms with Crippen molar-refractivity contribution in [2.45, 2.75) is 0 Å². The van der Waals surface area contributed by atoms with Crippen LogP contribution in [0.5, 0.6) is 0 Å². The summed E-state index contributed by atoms with van der Waals surface area (Å²) < 4.78 is 18.7. The molecular weight excluding hydrogens is 571 g/mol. The molecule has 1 atom stereocenters. The highest BCUT2D eigenvalue weighted by molar-refractivity contribution is 7.80. The summed E-state index contributed by atoms with van der Waals surface area (Å²) in [6.07, 6.45) is 0. The van der Waals surface area contributed by atoms with Crippen molar-refractivity contribution in [1.29, 1.82) is 0 Å². The second-order valence-electron chi connectivity index (χ2n) is 10.8. The van der Waals surface area contributed by atoms with Gasteiger partial charge >= 0.3 is 0 Å². The molecule has 0 amide bonds. The highest BCUT2D eigenvalue weighted by atomic mass is 31.2. The zero-order chi connectivity index (χ0) is 30.2. The van der Waals surface area contributed by atoms with Gasteiger partial charge in [-0.1, -0.05) is 146 Å². The Bertz CT molecular complexity index is 2120. The summed E-state index contributed by atoms with van der Waals surface area (Å²) in [7, 11) is -3.85. The van der Waals surface area contributed by atoms with Gasteiger partial charge in [0.2, 0.25) is 5.57 Å². The van der Waals surface area contributed by atoms with Gasteiger partial charge in [0.1, 0.15) is 0 Å². The Kier molecular flexibility index (Phi) is 6.66. The van der Waals surface area contributed by atoms with Crippen molar-refractivity contribution in [1.82, 2.24) is 15.0 Å². The molecule has 0 saturated carbocycles. The Labute approximate surface area is 262 Å². The third-order valence-corrected chi connectivity index (χ3v) is 10.9. The molecule has 0 aliphatic carbocycles. The van der Waals surface area contributed by atoms with Crippen molar-refractivity contribution in [2.24, 2.45) is 0 Å². The molecule has 0 N–H and O–H groups in total. The number of fused-ring (bicyclic) bond motifs is 3. The van der Waals surface area contributed by atoms with E-state index in [4.69, 9.17) is 15.0 Å². The molecule has 8 rings (SSSR count). The second kappa shape index (κ2) is 11.1. The number of nitrogens with zero attached hydrogens (tertiary/aromatic N) is 4. The Morgan fingerprint density at radius 1 is 0.422 bits per heavy atom. The first-order valence-electron chi connectivity index (χ1n) is 14.8. The predicted molar refractivity (Wildman–Crippen MR) is 183 cm³/mol. The predicted octanol–water partition coefficient (Wildman–Crippen LogP) is 8.92. The van der Waals surface area contributed by atoms with Crippen molar-refractivity contribution in [3.63, 3.8) is 0 Å². The van der Waals surface area contributed by atoms with Gasteiger partial charge in [-0.15, -0.1) is 0 Å². The summed E-state index contributed by atoms with van der Waals surface area (Å²) in [6, 6.07) is 54.0. The highest BCUT2D eigenvalue weighted by Gasteiger charge is 2.47. The molecule has 0 bridgehead atoms. The van der Waals surface area contributed by atoms with Gasteiger partial charge < -0.3 is 0 Å². The highest BCUT2D eigenvalue weighted by Crippen LogP contribution is 2.62. The largest absolute Gasteiger partial charge is 0.286 e. The summed E-state index contributed by atoms with van der Waals surface area (Å²) in [5.74, 6) is 0.945. The molecule has 6 heteroatoms. The normalized spacial score (nSPS) is 15.2. The van der Waals surface area contributed by atoms with Crippen LogP contribution in [0.4, 0.5) is 11.4 Å². The van der Waals surface area contributed by atoms with Crippen LogP contribution >= 0.6 is 7.29 Å². The lowest BCUT2D eigenvalue weighted by Gasteiger charge is -2.40. The minimum Gasteiger partial charge on any atom is -0.286 e. The fraction of sp³-hybridized carbons (Fsp3) is 0. The molecule has 1 aliphatic heterocycles. The molecule has 0 radical (unpaired) electrons. The maximum absolute atomic E-state index is 16.7. The number of hydrogen-bond donors (Lipinski definition) is 0. The van der Waals surface area contributed by atoms with E-state index in [-0.39, 0.29) is 5.57 Å². The van der Waals surface area contributed by atoms with Gasteiger partial charge in [-0.05, 0) is 34.9 Å². The van der Waals surface area contributed by atoms with Crippen LogP contribution in [0.1, 0.15) is 0 Å². The molecule has 0 spiro atoms. The van der Waals surface area contributed by atoms with E-state index in [9.17, 15) is 0 Å². The van der Waals surface area contributed by atoms with Crippen molar-refractivity contribution in [3.8, 4) is 45.0 Å². The molecule has 0 fully saturated rings. The fourth-order valence-corrected chi connectivity index (χ4v) is 9.10. The quantitative estimate of drug-likeness (QED) is 0.185. The van der Waals surface area contributed by atoms with Gasteiger partial charge in [-0.25, -0.2) is 15.0 Å². The summed E-state index contributed by atoms with van der Waals surface area (Å²) in [4.78, 5) is 15.1. The van der Waals surface area contributed by atoms with Gasteiger partial charge in [0.05, 0.1) is 11.0 Å². The summed E-state index contributed by atoms with van der Waals surface area (Å²) >= 11 is 0. The monoisotopic (exact) mass is 598 g/mol. The van der Waals surface area contributed by atoms with E-state index in [1.165, 1.54) is 0 Å². The lowest BCUT2D eigenvalue weighted by atomic mass is 9.97. The average molecular weight is 599 g/mol. The topological polar surface area (TPSA) is 59.0 Å². The van der Waals surface area contributed by atoms with E-state index >= 15 is 4.57 Å². The molecule has 1 unspecified atom stereocenters. The van der Waals surface area contributed by atoms with Crippen LogP contribution in [0.3, 0.4) is 0 Å². The van der Waals surface area contributed by atoms with Gasteiger partial charge in [0, 0.05) is 22.4 Å². The standard InChI is InChI=1S/C39H27N4OP/c44-45(39-41-37(29-18-7-2-8-19-29)40-38(42-39)30-20-9-3-10-21-30)36-32(28-16-5-1-6-17-28)25-15-26-34(36)33-24-13-14-27-35(33)43(45)31-22-11-4-12-23-31/h1-27H. The average Bonchev–Trinajstić information content (AvgIpc) is 3.13. The smallest absolute Gasteiger partial charge is 0.271 e. The molecule has 7 aromatic rings. The maximum Gasteiger partial charge on any atom is 0.271 e. The number of aromatic nitrogens is 3. The maximum atomic E-state index is 16.7. The van der Waals surface area contributed by atoms with E-state index < -0.39 is 7.29 Å². The van der Waals surface area contributed by atoms with Crippen LogP contribution in [-0.4, -0.2) is 15.0 Å². The molecule has 1 aromatic heterocycles. The zero-order valence-electron chi connectivity index (χ0n) is 24.2. The molecule has 45 heavy (non-hydrogen) atoms. The van der Waals surface area contributed by atoms with Crippen molar-refractivity contribution < 1.29 is 4.57 Å². The molecular formula is C39H27N4OP. The third-order valence-electron chi connectivity index (χ3n) is 8.09. The summed E-state index contributed by atoms with van der Waals surface area (Å²) in [6.45, 7) is 0. The van der Waals surface area contributed by atoms with Crippen LogP contribution < -0.4 is 15.5 Å². The minimum absolute atomic E-state index is 0.234. The van der Waals surface area contributed by atoms with Crippen LogP contribution in [-0.2, 0) is 4.57 Å². The van der Waals surface area contributed by atoms with Crippen LogP contribution in [0, 0.1) is 0 Å². The van der Waals surface area contributed by atoms with Gasteiger partial charge in [-0.3, -0.25) is 9.24 Å². The Hall–Kier alpha value is -5.64. The Morgan fingerprint density at radius 2 is 0.889 bits per heavy atom. The van der Waals surface area contributed by atoms with Gasteiger partial charge in [0.25, 0.3) is 7.29 Å². The van der Waals surface area contributed by atoms with Crippen LogP contribution in [0.25, 0.3) is 45.0 Å². The van der Waals surface area contributed by atoms with E-state index in [0.717, 1.165) is 44.8 Å². The van der Waals surface area contributed by atoms with E-state index in [1.54, 1.807) is 0 Å². The zero-order valence-corrected chi connectivity index (χ0v) is 25.1. The summed E-state index contributed by atoms with van der Waals surface area (Å²) in [5.41, 5.74) is 7.29. The summed E-state index contributed by atoms with van der Waals surface area (Å²) in [5, 5.41) is 0.711. The SMILES string of the molecule is O=P1(c2nc(-c3ccccc3)nc(-c3ccccc3)n2)c2c(-c3ccccc3)cccc2-c2ccccc2N1c1ccccc1. The molecule has 0 saturated heterocycles. The first-order chi connectivity index (χ1) is 22.2. The number of hydrogen-bond acceptors (Lipinski definition) is 4. The van der Waals surface area contributed by atoms with Crippen molar-refractivity contribution >= 4 is 29.5 Å². The number of benzene rings is 6. The fourth-order valence-electron chi connectivity index (χ4n) is 6.07. The Balaban J connectivity index is 1.52. The third kappa shape index (κ3) is 4.57. The van der Waals surface area contributed by atoms with E-state index in [2.05, 4.69) is 30.3 Å². The Morgan fingerprint density at radius 3 is 1.49 bits per heavy atom. The van der Waals surface area contributed by atoms with Crippen molar-refractivity contribution in [2.75, 3.05) is 4.67 Å². The van der Waals surface area contributed by atoms with E-state index in [1.807, 2.05) is 138 Å². The number of anilines is 2. The van der Waals surface area contributed by atoms with Gasteiger partial charge in [0.15, 0.2) is 11.6 Å². The molecule has 214 valence electrons. The van der Waals surface area contributed by atoms with Gasteiger partial charge in [-0.2, -0.15) is 0 Å². The second-order valence-corrected chi connectivity index (χ2v) is 13.2.